The third-order valence-electron chi connectivity index (χ3n) is 2.97. The van der Waals surface area contributed by atoms with E-state index < -0.39 is 5.92 Å². The molecule has 0 atom stereocenters. The number of alkyl halides is 2. The summed E-state index contributed by atoms with van der Waals surface area (Å²) in [5.74, 6) is -2.79. The van der Waals surface area contributed by atoms with Crippen LogP contribution in [0.4, 0.5) is 8.78 Å². The van der Waals surface area contributed by atoms with E-state index in [1.54, 1.807) is 5.38 Å². The molecule has 0 saturated heterocycles. The second kappa shape index (κ2) is 4.53. The second-order valence-electron chi connectivity index (χ2n) is 4.13. The van der Waals surface area contributed by atoms with Crippen LogP contribution in [0.15, 0.2) is 15.2 Å². The van der Waals surface area contributed by atoms with E-state index in [1.807, 2.05) is 5.38 Å². The highest BCUT2D eigenvalue weighted by Gasteiger charge is 2.37. The van der Waals surface area contributed by atoms with Gasteiger partial charge in [0.05, 0.1) is 0 Å². The van der Waals surface area contributed by atoms with Gasteiger partial charge in [-0.05, 0) is 28.8 Å². The first-order chi connectivity index (χ1) is 7.49. The second-order valence-corrected chi connectivity index (χ2v) is 5.73. The lowest BCUT2D eigenvalue weighted by molar-refractivity contribution is -0.0424. The number of hydrogen-bond donors (Lipinski definition) is 0. The number of ketones is 1. The molecule has 0 aliphatic heterocycles. The highest BCUT2D eigenvalue weighted by atomic mass is 79.9. The zero-order valence-electron chi connectivity index (χ0n) is 8.51. The first-order valence-electron chi connectivity index (χ1n) is 5.13. The van der Waals surface area contributed by atoms with Gasteiger partial charge in [-0.1, -0.05) is 0 Å². The van der Waals surface area contributed by atoms with E-state index in [9.17, 15) is 13.6 Å². The number of hydrogen-bond acceptors (Lipinski definition) is 2. The zero-order valence-corrected chi connectivity index (χ0v) is 10.9. The molecule has 88 valence electrons. The smallest absolute Gasteiger partial charge is 0.248 e. The quantitative estimate of drug-likeness (QED) is 0.734. The number of Topliss-reactive ketones (excluding diaryl/α,β-unsaturated/α-hetero) is 1. The van der Waals surface area contributed by atoms with E-state index in [-0.39, 0.29) is 24.5 Å². The van der Waals surface area contributed by atoms with Crippen LogP contribution < -0.4 is 0 Å². The molecule has 16 heavy (non-hydrogen) atoms. The fraction of sp³-hybridized carbons (Fsp3) is 0.545. The van der Waals surface area contributed by atoms with Gasteiger partial charge >= 0.3 is 0 Å². The van der Waals surface area contributed by atoms with Gasteiger partial charge in [0.25, 0.3) is 0 Å². The van der Waals surface area contributed by atoms with Gasteiger partial charge in [-0.3, -0.25) is 4.79 Å². The Labute approximate surface area is 105 Å². The standard InChI is InChI=1S/C11H11BrF2OS/c12-9-6-16-5-8(9)10(15)7-1-3-11(13,14)4-2-7/h5-7H,1-4H2. The lowest BCUT2D eigenvalue weighted by Gasteiger charge is -2.27. The summed E-state index contributed by atoms with van der Waals surface area (Å²) < 4.78 is 26.7. The molecule has 1 nitrogen and oxygen atoms in total. The SMILES string of the molecule is O=C(c1cscc1Br)C1CCC(F)(F)CC1. The topological polar surface area (TPSA) is 17.1 Å². The highest BCUT2D eigenvalue weighted by molar-refractivity contribution is 9.10. The maximum absolute atomic E-state index is 12.9. The predicted molar refractivity (Wildman–Crippen MR) is 63.3 cm³/mol. The van der Waals surface area contributed by atoms with E-state index in [0.717, 1.165) is 4.47 Å². The van der Waals surface area contributed by atoms with Crippen LogP contribution in [0.1, 0.15) is 36.0 Å². The minimum Gasteiger partial charge on any atom is -0.294 e. The molecule has 2 rings (SSSR count). The molecular weight excluding hydrogens is 298 g/mol. The molecular formula is C11H11BrF2OS. The maximum atomic E-state index is 12.9. The van der Waals surface area contributed by atoms with Gasteiger partial charge in [0, 0.05) is 39.6 Å². The van der Waals surface area contributed by atoms with Crippen molar-refractivity contribution in [3.8, 4) is 0 Å². The van der Waals surface area contributed by atoms with Crippen molar-refractivity contribution in [2.24, 2.45) is 5.92 Å². The largest absolute Gasteiger partial charge is 0.294 e. The van der Waals surface area contributed by atoms with E-state index in [2.05, 4.69) is 15.9 Å². The zero-order chi connectivity index (χ0) is 11.8. The summed E-state index contributed by atoms with van der Waals surface area (Å²) in [6, 6.07) is 0. The Morgan fingerprint density at radius 3 is 2.50 bits per heavy atom. The van der Waals surface area contributed by atoms with Gasteiger partial charge < -0.3 is 0 Å². The average molecular weight is 309 g/mol. The molecule has 0 spiro atoms. The molecule has 1 saturated carbocycles. The molecule has 1 fully saturated rings. The molecule has 0 unspecified atom stereocenters. The third-order valence-corrected chi connectivity index (χ3v) is 4.67. The molecule has 1 aliphatic rings. The summed E-state index contributed by atoms with van der Waals surface area (Å²) in [6.07, 6.45) is 0.276. The van der Waals surface area contributed by atoms with Crippen LogP contribution in [0.5, 0.6) is 0 Å². The van der Waals surface area contributed by atoms with E-state index in [1.165, 1.54) is 11.3 Å². The summed E-state index contributed by atoms with van der Waals surface area (Å²) in [4.78, 5) is 12.0. The van der Waals surface area contributed by atoms with Gasteiger partial charge in [-0.2, -0.15) is 11.3 Å². The molecule has 0 radical (unpaired) electrons. The summed E-state index contributed by atoms with van der Waals surface area (Å²) in [7, 11) is 0. The Bertz CT molecular complexity index is 392. The van der Waals surface area contributed by atoms with Crippen LogP contribution in [0.2, 0.25) is 0 Å². The van der Waals surface area contributed by atoms with Crippen LogP contribution in [0, 0.1) is 5.92 Å². The van der Waals surface area contributed by atoms with E-state index in [0.29, 0.717) is 18.4 Å². The normalized spacial score (nSPS) is 20.9. The Morgan fingerprint density at radius 2 is 2.00 bits per heavy atom. The molecule has 0 aromatic carbocycles. The molecule has 1 heterocycles. The van der Waals surface area contributed by atoms with Crippen molar-refractivity contribution in [3.63, 3.8) is 0 Å². The highest BCUT2D eigenvalue weighted by Crippen LogP contribution is 2.38. The van der Waals surface area contributed by atoms with Gasteiger partial charge in [0.2, 0.25) is 5.92 Å². The third kappa shape index (κ3) is 2.51. The fourth-order valence-electron chi connectivity index (χ4n) is 1.98. The molecule has 1 aromatic heterocycles. The number of rotatable bonds is 2. The van der Waals surface area contributed by atoms with Crippen molar-refractivity contribution in [1.82, 2.24) is 0 Å². The van der Waals surface area contributed by atoms with Gasteiger partial charge in [0.1, 0.15) is 0 Å². The monoisotopic (exact) mass is 308 g/mol. The Balaban J connectivity index is 2.05. The molecule has 1 aromatic rings. The lowest BCUT2D eigenvalue weighted by atomic mass is 9.82. The Morgan fingerprint density at radius 1 is 1.38 bits per heavy atom. The van der Waals surface area contributed by atoms with Gasteiger partial charge in [-0.25, -0.2) is 8.78 Å². The summed E-state index contributed by atoms with van der Waals surface area (Å²) in [5, 5.41) is 3.61. The lowest BCUT2D eigenvalue weighted by Crippen LogP contribution is -2.28. The van der Waals surface area contributed by atoms with Crippen molar-refractivity contribution < 1.29 is 13.6 Å². The summed E-state index contributed by atoms with van der Waals surface area (Å²) in [5.41, 5.74) is 0.639. The van der Waals surface area contributed by atoms with Gasteiger partial charge in [0.15, 0.2) is 5.78 Å². The number of carbonyl (C=O) groups is 1. The van der Waals surface area contributed by atoms with Crippen LogP contribution >= 0.6 is 27.3 Å². The minimum absolute atomic E-state index is 0.00336. The Hall–Kier alpha value is -0.290. The molecule has 0 bridgehead atoms. The predicted octanol–water partition coefficient (Wildman–Crippen LogP) is 4.52. The van der Waals surface area contributed by atoms with E-state index >= 15 is 0 Å². The Kier molecular flexibility index (Phi) is 3.45. The number of halogens is 3. The van der Waals surface area contributed by atoms with Crippen LogP contribution in [-0.4, -0.2) is 11.7 Å². The summed E-state index contributed by atoms with van der Waals surface area (Å²) in [6.45, 7) is 0. The molecule has 0 N–H and O–H groups in total. The van der Waals surface area contributed by atoms with Crippen molar-refractivity contribution in [2.75, 3.05) is 0 Å². The van der Waals surface area contributed by atoms with Crippen LogP contribution in [-0.2, 0) is 0 Å². The van der Waals surface area contributed by atoms with Crippen molar-refractivity contribution >= 4 is 33.0 Å². The average Bonchev–Trinajstić information content (AvgIpc) is 2.63. The first kappa shape index (κ1) is 12.2. The van der Waals surface area contributed by atoms with Crippen LogP contribution in [0.3, 0.4) is 0 Å². The minimum atomic E-state index is -2.57. The van der Waals surface area contributed by atoms with Gasteiger partial charge in [-0.15, -0.1) is 0 Å². The molecule has 0 amide bonds. The van der Waals surface area contributed by atoms with Crippen molar-refractivity contribution in [2.45, 2.75) is 31.6 Å². The maximum Gasteiger partial charge on any atom is 0.248 e. The number of carbonyl (C=O) groups excluding carboxylic acids is 1. The fourth-order valence-corrected chi connectivity index (χ4v) is 3.46. The number of thiophene rings is 1. The van der Waals surface area contributed by atoms with E-state index in [4.69, 9.17) is 0 Å². The molecule has 1 aliphatic carbocycles. The summed E-state index contributed by atoms with van der Waals surface area (Å²) >= 11 is 4.74. The van der Waals surface area contributed by atoms with Crippen molar-refractivity contribution in [1.29, 1.82) is 0 Å². The van der Waals surface area contributed by atoms with Crippen molar-refractivity contribution in [3.05, 3.63) is 20.8 Å². The van der Waals surface area contributed by atoms with Crippen LogP contribution in [0.25, 0.3) is 0 Å². The molecule has 5 heteroatoms. The first-order valence-corrected chi connectivity index (χ1v) is 6.87.